The zero-order valence-electron chi connectivity index (χ0n) is 8.89. The number of ether oxygens (including phenoxy) is 1. The van der Waals surface area contributed by atoms with Crippen LogP contribution in [0.5, 0.6) is 0 Å². The van der Waals surface area contributed by atoms with E-state index in [1.54, 1.807) is 13.8 Å². The van der Waals surface area contributed by atoms with Crippen molar-refractivity contribution in [1.29, 1.82) is 0 Å². The second-order valence-corrected chi connectivity index (χ2v) is 3.49. The number of hydrogen-bond acceptors (Lipinski definition) is 5. The molecule has 0 aliphatic rings. The second-order valence-electron chi connectivity index (χ2n) is 3.49. The Labute approximate surface area is 84.9 Å². The minimum Gasteiger partial charge on any atom is -0.392 e. The lowest BCUT2D eigenvalue weighted by Crippen LogP contribution is -2.38. The first-order valence-electron chi connectivity index (χ1n) is 4.83. The molecule has 2 unspecified atom stereocenters. The Morgan fingerprint density at radius 3 is 2.00 bits per heavy atom. The summed E-state index contributed by atoms with van der Waals surface area (Å²) in [4.78, 5) is 1.89. The van der Waals surface area contributed by atoms with Gasteiger partial charge in [-0.25, -0.2) is 0 Å². The first-order chi connectivity index (χ1) is 6.56. The predicted molar refractivity (Wildman–Crippen MR) is 52.8 cm³/mol. The molecule has 0 amide bonds. The van der Waals surface area contributed by atoms with Crippen molar-refractivity contribution in [3.63, 3.8) is 0 Å². The topological polar surface area (TPSA) is 73.2 Å². The Kier molecular flexibility index (Phi) is 8.02. The largest absolute Gasteiger partial charge is 0.392 e. The van der Waals surface area contributed by atoms with E-state index >= 15 is 0 Å². The van der Waals surface area contributed by atoms with Crippen LogP contribution in [-0.4, -0.2) is 65.5 Å². The highest BCUT2D eigenvalue weighted by Crippen LogP contribution is 1.95. The Balaban J connectivity index is 3.72. The summed E-state index contributed by atoms with van der Waals surface area (Å²) >= 11 is 0. The SMILES string of the molecule is CC(O)CN(CCOCO)CC(C)O. The molecule has 0 aromatic carbocycles. The number of rotatable bonds is 8. The van der Waals surface area contributed by atoms with Crippen molar-refractivity contribution in [2.75, 3.05) is 33.0 Å². The highest BCUT2D eigenvalue weighted by molar-refractivity contribution is 4.63. The van der Waals surface area contributed by atoms with Crippen LogP contribution in [0.25, 0.3) is 0 Å². The smallest absolute Gasteiger partial charge is 0.143 e. The molecule has 0 rings (SSSR count). The van der Waals surface area contributed by atoms with Gasteiger partial charge in [-0.1, -0.05) is 0 Å². The lowest BCUT2D eigenvalue weighted by molar-refractivity contribution is -0.0169. The van der Waals surface area contributed by atoms with Crippen molar-refractivity contribution in [2.24, 2.45) is 0 Å². The van der Waals surface area contributed by atoms with Gasteiger partial charge in [-0.05, 0) is 13.8 Å². The van der Waals surface area contributed by atoms with E-state index < -0.39 is 12.2 Å². The van der Waals surface area contributed by atoms with Gasteiger partial charge >= 0.3 is 0 Å². The molecule has 86 valence electrons. The van der Waals surface area contributed by atoms with Crippen molar-refractivity contribution >= 4 is 0 Å². The van der Waals surface area contributed by atoms with Gasteiger partial charge in [0, 0.05) is 19.6 Å². The summed E-state index contributed by atoms with van der Waals surface area (Å²) in [5.74, 6) is 0. The van der Waals surface area contributed by atoms with Gasteiger partial charge < -0.3 is 20.1 Å². The van der Waals surface area contributed by atoms with Crippen LogP contribution in [0.4, 0.5) is 0 Å². The quantitative estimate of drug-likeness (QED) is 0.352. The molecule has 0 saturated carbocycles. The standard InChI is InChI=1S/C9H21NO4/c1-8(12)5-10(6-9(2)13)3-4-14-7-11/h8-9,11-13H,3-7H2,1-2H3. The van der Waals surface area contributed by atoms with Crippen LogP contribution in [0.1, 0.15) is 13.8 Å². The van der Waals surface area contributed by atoms with Gasteiger partial charge in [0.1, 0.15) is 6.79 Å². The number of nitrogens with zero attached hydrogens (tertiary/aromatic N) is 1. The molecule has 0 aliphatic carbocycles. The Bertz CT molecular complexity index is 120. The van der Waals surface area contributed by atoms with Crippen molar-refractivity contribution < 1.29 is 20.1 Å². The molecule has 0 bridgehead atoms. The zero-order chi connectivity index (χ0) is 11.0. The van der Waals surface area contributed by atoms with E-state index in [2.05, 4.69) is 0 Å². The third kappa shape index (κ3) is 8.40. The minimum absolute atomic E-state index is 0.294. The van der Waals surface area contributed by atoms with Gasteiger partial charge in [0.2, 0.25) is 0 Å². The summed E-state index contributed by atoms with van der Waals surface area (Å²) < 4.78 is 4.78. The van der Waals surface area contributed by atoms with Crippen molar-refractivity contribution in [2.45, 2.75) is 26.1 Å². The molecule has 14 heavy (non-hydrogen) atoms. The number of aliphatic hydroxyl groups excluding tert-OH is 3. The monoisotopic (exact) mass is 207 g/mol. The molecular formula is C9H21NO4. The van der Waals surface area contributed by atoms with Gasteiger partial charge in [0.15, 0.2) is 0 Å². The first kappa shape index (κ1) is 13.8. The van der Waals surface area contributed by atoms with Crippen LogP contribution in [-0.2, 0) is 4.74 Å². The Morgan fingerprint density at radius 2 is 1.64 bits per heavy atom. The fourth-order valence-electron chi connectivity index (χ4n) is 1.26. The van der Waals surface area contributed by atoms with Crippen molar-refractivity contribution in [3.05, 3.63) is 0 Å². The van der Waals surface area contributed by atoms with E-state index in [0.29, 0.717) is 26.2 Å². The molecule has 0 aliphatic heterocycles. The lowest BCUT2D eigenvalue weighted by Gasteiger charge is -2.24. The van der Waals surface area contributed by atoms with E-state index in [0.717, 1.165) is 0 Å². The zero-order valence-corrected chi connectivity index (χ0v) is 8.89. The molecule has 0 aromatic heterocycles. The highest BCUT2D eigenvalue weighted by Gasteiger charge is 2.10. The van der Waals surface area contributed by atoms with Gasteiger partial charge in [0.05, 0.1) is 18.8 Å². The van der Waals surface area contributed by atoms with E-state index in [1.807, 2.05) is 4.90 Å². The molecule has 0 heterocycles. The summed E-state index contributed by atoms with van der Waals surface area (Å²) in [5.41, 5.74) is 0. The molecule has 3 N–H and O–H groups in total. The fraction of sp³-hybridized carbons (Fsp3) is 1.00. The summed E-state index contributed by atoms with van der Waals surface area (Å²) in [6, 6.07) is 0. The summed E-state index contributed by atoms with van der Waals surface area (Å²) in [7, 11) is 0. The average molecular weight is 207 g/mol. The molecule has 2 atom stereocenters. The highest BCUT2D eigenvalue weighted by atomic mass is 16.6. The summed E-state index contributed by atoms with van der Waals surface area (Å²) in [6.45, 7) is 5.09. The maximum atomic E-state index is 9.18. The first-order valence-corrected chi connectivity index (χ1v) is 4.83. The van der Waals surface area contributed by atoms with Gasteiger partial charge in [-0.15, -0.1) is 0 Å². The molecule has 0 radical (unpaired) electrons. The molecular weight excluding hydrogens is 186 g/mol. The van der Waals surface area contributed by atoms with E-state index in [1.165, 1.54) is 0 Å². The van der Waals surface area contributed by atoms with Crippen LogP contribution in [0.3, 0.4) is 0 Å². The number of hydrogen-bond donors (Lipinski definition) is 3. The maximum Gasteiger partial charge on any atom is 0.143 e. The minimum atomic E-state index is -0.428. The predicted octanol–water partition coefficient (Wildman–Crippen LogP) is -0.984. The van der Waals surface area contributed by atoms with Crippen molar-refractivity contribution in [1.82, 2.24) is 4.90 Å². The van der Waals surface area contributed by atoms with E-state index in [-0.39, 0.29) is 6.79 Å². The third-order valence-corrected chi connectivity index (χ3v) is 1.69. The number of aliphatic hydroxyl groups is 3. The second kappa shape index (κ2) is 8.14. The van der Waals surface area contributed by atoms with Crippen LogP contribution in [0.2, 0.25) is 0 Å². The molecule has 5 nitrogen and oxygen atoms in total. The molecule has 0 saturated heterocycles. The van der Waals surface area contributed by atoms with Crippen LogP contribution < -0.4 is 0 Å². The van der Waals surface area contributed by atoms with Crippen LogP contribution in [0, 0.1) is 0 Å². The molecule has 5 heteroatoms. The molecule has 0 aromatic rings. The van der Waals surface area contributed by atoms with Crippen LogP contribution in [0.15, 0.2) is 0 Å². The lowest BCUT2D eigenvalue weighted by atomic mass is 10.3. The summed E-state index contributed by atoms with van der Waals surface area (Å²) in [6.07, 6.45) is -0.856. The van der Waals surface area contributed by atoms with E-state index in [9.17, 15) is 10.2 Å². The third-order valence-electron chi connectivity index (χ3n) is 1.69. The maximum absolute atomic E-state index is 9.18. The van der Waals surface area contributed by atoms with Gasteiger partial charge in [-0.3, -0.25) is 4.90 Å². The summed E-state index contributed by atoms with van der Waals surface area (Å²) in [5, 5.41) is 26.8. The normalized spacial score (nSPS) is 15.9. The molecule has 0 fully saturated rings. The fourth-order valence-corrected chi connectivity index (χ4v) is 1.26. The van der Waals surface area contributed by atoms with Crippen LogP contribution >= 0.6 is 0 Å². The average Bonchev–Trinajstić information content (AvgIpc) is 2.02. The molecule has 0 spiro atoms. The van der Waals surface area contributed by atoms with Gasteiger partial charge in [-0.2, -0.15) is 0 Å². The Hall–Kier alpha value is -0.200. The van der Waals surface area contributed by atoms with Crippen molar-refractivity contribution in [3.8, 4) is 0 Å². The van der Waals surface area contributed by atoms with E-state index in [4.69, 9.17) is 9.84 Å². The van der Waals surface area contributed by atoms with Gasteiger partial charge in [0.25, 0.3) is 0 Å². The Morgan fingerprint density at radius 1 is 1.14 bits per heavy atom.